The normalized spacial score (nSPS) is 11.5. The van der Waals surface area contributed by atoms with Crippen molar-refractivity contribution >= 4 is 44.1 Å². The SMILES string of the molecule is Cn1cc(-c2nc(Cl)nc3sccc23)c2ccccc21. The first kappa shape index (κ1) is 11.9. The molecule has 0 saturated carbocycles. The lowest BCUT2D eigenvalue weighted by molar-refractivity contribution is 0.969. The van der Waals surface area contributed by atoms with E-state index in [1.165, 1.54) is 10.9 Å². The highest BCUT2D eigenvalue weighted by Gasteiger charge is 2.14. The standard InChI is InChI=1S/C15H10ClN3S/c1-19-8-11(9-4-2-3-5-12(9)19)13-10-6-7-20-14(10)18-15(16)17-13/h2-8H,1H3. The molecular formula is C15H10ClN3S. The lowest BCUT2D eigenvalue weighted by Gasteiger charge is -2.01. The first-order valence-corrected chi connectivity index (χ1v) is 7.45. The first-order chi connectivity index (χ1) is 9.74. The van der Waals surface area contributed by atoms with Crippen molar-refractivity contribution in [2.45, 2.75) is 0 Å². The van der Waals surface area contributed by atoms with E-state index in [1.807, 2.05) is 30.6 Å². The van der Waals surface area contributed by atoms with E-state index in [4.69, 9.17) is 11.6 Å². The van der Waals surface area contributed by atoms with E-state index in [-0.39, 0.29) is 0 Å². The molecule has 0 bridgehead atoms. The fraction of sp³-hybridized carbons (Fsp3) is 0.0667. The number of hydrogen-bond acceptors (Lipinski definition) is 3. The maximum atomic E-state index is 6.07. The number of benzene rings is 1. The van der Waals surface area contributed by atoms with Gasteiger partial charge < -0.3 is 4.57 Å². The van der Waals surface area contributed by atoms with Gasteiger partial charge in [0.1, 0.15) is 4.83 Å². The molecule has 0 N–H and O–H groups in total. The van der Waals surface area contributed by atoms with Crippen molar-refractivity contribution in [2.75, 3.05) is 0 Å². The molecule has 0 aliphatic carbocycles. The third-order valence-corrected chi connectivity index (χ3v) is 4.43. The lowest BCUT2D eigenvalue weighted by atomic mass is 10.1. The van der Waals surface area contributed by atoms with E-state index in [9.17, 15) is 0 Å². The van der Waals surface area contributed by atoms with Crippen LogP contribution in [-0.4, -0.2) is 14.5 Å². The first-order valence-electron chi connectivity index (χ1n) is 6.19. The van der Waals surface area contributed by atoms with Crippen LogP contribution < -0.4 is 0 Å². The highest BCUT2D eigenvalue weighted by atomic mass is 35.5. The molecule has 3 heterocycles. The molecule has 20 heavy (non-hydrogen) atoms. The molecule has 0 spiro atoms. The average molecular weight is 300 g/mol. The summed E-state index contributed by atoms with van der Waals surface area (Å²) in [5, 5.41) is 4.54. The zero-order valence-electron chi connectivity index (χ0n) is 10.7. The number of rotatable bonds is 1. The van der Waals surface area contributed by atoms with Gasteiger partial charge in [0.2, 0.25) is 5.28 Å². The minimum atomic E-state index is 0.294. The largest absolute Gasteiger partial charge is 0.350 e. The van der Waals surface area contributed by atoms with Crippen LogP contribution in [0.1, 0.15) is 0 Å². The van der Waals surface area contributed by atoms with Gasteiger partial charge in [0.15, 0.2) is 0 Å². The summed E-state index contributed by atoms with van der Waals surface area (Å²) >= 11 is 7.65. The average Bonchev–Trinajstić information content (AvgIpc) is 3.03. The second kappa shape index (κ2) is 4.30. The quantitative estimate of drug-likeness (QED) is 0.484. The van der Waals surface area contributed by atoms with Gasteiger partial charge >= 0.3 is 0 Å². The van der Waals surface area contributed by atoms with Gasteiger partial charge in [-0.3, -0.25) is 0 Å². The van der Waals surface area contributed by atoms with E-state index in [2.05, 4.69) is 32.9 Å². The van der Waals surface area contributed by atoms with Gasteiger partial charge in [-0.05, 0) is 29.1 Å². The Morgan fingerprint density at radius 1 is 1.10 bits per heavy atom. The Kier molecular flexibility index (Phi) is 2.55. The van der Waals surface area contributed by atoms with Crippen molar-refractivity contribution in [1.29, 1.82) is 0 Å². The van der Waals surface area contributed by atoms with Crippen molar-refractivity contribution < 1.29 is 0 Å². The fourth-order valence-electron chi connectivity index (χ4n) is 2.57. The molecule has 1 aromatic carbocycles. The van der Waals surface area contributed by atoms with Gasteiger partial charge in [0, 0.05) is 35.1 Å². The Bertz CT molecular complexity index is 939. The number of hydrogen-bond donors (Lipinski definition) is 0. The van der Waals surface area contributed by atoms with Crippen LogP contribution in [0.15, 0.2) is 41.9 Å². The fourth-order valence-corrected chi connectivity index (χ4v) is 3.55. The number of fused-ring (bicyclic) bond motifs is 2. The molecule has 5 heteroatoms. The highest BCUT2D eigenvalue weighted by Crippen LogP contribution is 2.35. The predicted octanol–water partition coefficient (Wildman–Crippen LogP) is 4.50. The summed E-state index contributed by atoms with van der Waals surface area (Å²) in [5.74, 6) is 0. The summed E-state index contributed by atoms with van der Waals surface area (Å²) in [6.45, 7) is 0. The van der Waals surface area contributed by atoms with Crippen molar-refractivity contribution in [2.24, 2.45) is 7.05 Å². The van der Waals surface area contributed by atoms with E-state index in [0.717, 1.165) is 21.5 Å². The Hall–Kier alpha value is -1.91. The molecule has 0 amide bonds. The van der Waals surface area contributed by atoms with Crippen molar-refractivity contribution in [3.05, 3.63) is 47.2 Å². The number of aromatic nitrogens is 3. The summed E-state index contributed by atoms with van der Waals surface area (Å²) in [5.41, 5.74) is 3.18. The Balaban J connectivity index is 2.14. The number of nitrogens with zero attached hydrogens (tertiary/aromatic N) is 3. The van der Waals surface area contributed by atoms with Gasteiger partial charge in [-0.2, -0.15) is 0 Å². The molecule has 0 unspecified atom stereocenters. The third kappa shape index (κ3) is 1.65. The molecule has 4 rings (SSSR count). The van der Waals surface area contributed by atoms with E-state index < -0.39 is 0 Å². The van der Waals surface area contributed by atoms with Crippen molar-refractivity contribution in [1.82, 2.24) is 14.5 Å². The third-order valence-electron chi connectivity index (χ3n) is 3.45. The highest BCUT2D eigenvalue weighted by molar-refractivity contribution is 7.16. The molecule has 3 aromatic heterocycles. The smallest absolute Gasteiger partial charge is 0.224 e. The Morgan fingerprint density at radius 3 is 2.85 bits per heavy atom. The molecular weight excluding hydrogens is 290 g/mol. The minimum absolute atomic E-state index is 0.294. The van der Waals surface area contributed by atoms with Crippen LogP contribution in [0.25, 0.3) is 32.4 Å². The molecule has 0 fully saturated rings. The van der Waals surface area contributed by atoms with Crippen LogP contribution in [-0.2, 0) is 7.05 Å². The van der Waals surface area contributed by atoms with Crippen molar-refractivity contribution in [3.8, 4) is 11.3 Å². The summed E-state index contributed by atoms with van der Waals surface area (Å²) in [6, 6.07) is 10.3. The number of para-hydroxylation sites is 1. The van der Waals surface area contributed by atoms with Crippen LogP contribution in [0.2, 0.25) is 5.28 Å². The predicted molar refractivity (Wildman–Crippen MR) is 84.3 cm³/mol. The van der Waals surface area contributed by atoms with Crippen LogP contribution in [0, 0.1) is 0 Å². The maximum absolute atomic E-state index is 6.07. The van der Waals surface area contributed by atoms with Crippen LogP contribution in [0.4, 0.5) is 0 Å². The Morgan fingerprint density at radius 2 is 1.95 bits per heavy atom. The summed E-state index contributed by atoms with van der Waals surface area (Å²) in [4.78, 5) is 9.65. The van der Waals surface area contributed by atoms with Gasteiger partial charge in [0.25, 0.3) is 0 Å². The zero-order chi connectivity index (χ0) is 13.7. The summed E-state index contributed by atoms with van der Waals surface area (Å²) < 4.78 is 2.11. The molecule has 3 nitrogen and oxygen atoms in total. The van der Waals surface area contributed by atoms with Crippen LogP contribution in [0.5, 0.6) is 0 Å². The number of aryl methyl sites for hydroxylation is 1. The zero-order valence-corrected chi connectivity index (χ0v) is 12.2. The van der Waals surface area contributed by atoms with Crippen LogP contribution in [0.3, 0.4) is 0 Å². The molecule has 0 saturated heterocycles. The molecule has 98 valence electrons. The summed E-state index contributed by atoms with van der Waals surface area (Å²) in [6.07, 6.45) is 2.10. The van der Waals surface area contributed by atoms with Gasteiger partial charge in [-0.15, -0.1) is 11.3 Å². The van der Waals surface area contributed by atoms with Gasteiger partial charge in [0.05, 0.1) is 5.69 Å². The monoisotopic (exact) mass is 299 g/mol. The molecule has 0 radical (unpaired) electrons. The Labute approximate surface area is 124 Å². The van der Waals surface area contributed by atoms with Gasteiger partial charge in [-0.25, -0.2) is 9.97 Å². The molecule has 0 aliphatic rings. The molecule has 0 aliphatic heterocycles. The molecule has 0 atom stereocenters. The van der Waals surface area contributed by atoms with E-state index in [0.29, 0.717) is 5.28 Å². The number of halogens is 1. The van der Waals surface area contributed by atoms with Gasteiger partial charge in [-0.1, -0.05) is 18.2 Å². The minimum Gasteiger partial charge on any atom is -0.350 e. The van der Waals surface area contributed by atoms with Crippen molar-refractivity contribution in [3.63, 3.8) is 0 Å². The second-order valence-electron chi connectivity index (χ2n) is 4.65. The topological polar surface area (TPSA) is 30.7 Å². The van der Waals surface area contributed by atoms with Crippen LogP contribution >= 0.6 is 22.9 Å². The number of thiophene rings is 1. The van der Waals surface area contributed by atoms with E-state index in [1.54, 1.807) is 11.3 Å². The second-order valence-corrected chi connectivity index (χ2v) is 5.88. The van der Waals surface area contributed by atoms with E-state index >= 15 is 0 Å². The summed E-state index contributed by atoms with van der Waals surface area (Å²) in [7, 11) is 2.04. The molecule has 4 aromatic rings. The lowest BCUT2D eigenvalue weighted by Crippen LogP contribution is -1.88. The maximum Gasteiger partial charge on any atom is 0.224 e.